The molecule has 13 aromatic rings. The van der Waals surface area contributed by atoms with E-state index in [1.54, 1.807) is 0 Å². The van der Waals surface area contributed by atoms with Gasteiger partial charge < -0.3 is 18.7 Å². The second-order valence-electron chi connectivity index (χ2n) is 18.0. The fraction of sp³-hybridized carbons (Fsp3) is 0.0312. The third-order valence-corrected chi connectivity index (χ3v) is 14.0. The SMILES string of the molecule is C1=Cc2c(n(-c3cccc(-c4ccc(Nc5ccc(-c6cccc7c6oc6ccccc67)cc5)c(-c5cc(-c6ccccc6)c6oc7cc8ccccc8cc7c6c5)c4)c3)c3ccccc23)CC1. The van der Waals surface area contributed by atoms with Gasteiger partial charge in [-0.05, 0) is 124 Å². The average molecular weight is 871 g/mol. The Labute approximate surface area is 392 Å². The molecule has 1 N–H and O–H groups in total. The Morgan fingerprint density at radius 1 is 0.412 bits per heavy atom. The molecular weight excluding hydrogens is 829 g/mol. The molecule has 3 heterocycles. The van der Waals surface area contributed by atoms with E-state index in [0.717, 1.165) is 118 Å². The van der Waals surface area contributed by atoms with Gasteiger partial charge in [0.1, 0.15) is 22.3 Å². The number of nitrogens with one attached hydrogen (secondary N) is 1. The van der Waals surface area contributed by atoms with Crippen LogP contribution in [0.25, 0.3) is 122 Å². The molecule has 0 spiro atoms. The second kappa shape index (κ2) is 15.4. The predicted octanol–water partition coefficient (Wildman–Crippen LogP) is 18.0. The number of allylic oxidation sites excluding steroid dienone is 1. The molecule has 0 saturated heterocycles. The zero-order valence-electron chi connectivity index (χ0n) is 37.0. The van der Waals surface area contributed by atoms with Gasteiger partial charge in [-0.1, -0.05) is 152 Å². The molecule has 1 aliphatic rings. The largest absolute Gasteiger partial charge is 0.455 e. The fourth-order valence-corrected chi connectivity index (χ4v) is 10.8. The van der Waals surface area contributed by atoms with Crippen LogP contribution in [0, 0.1) is 0 Å². The molecule has 0 atom stereocenters. The summed E-state index contributed by atoms with van der Waals surface area (Å²) in [5, 5.41) is 12.0. The number of furan rings is 2. The van der Waals surface area contributed by atoms with Gasteiger partial charge in [0.2, 0.25) is 0 Å². The second-order valence-corrected chi connectivity index (χ2v) is 18.0. The van der Waals surface area contributed by atoms with E-state index >= 15 is 0 Å². The van der Waals surface area contributed by atoms with Crippen LogP contribution >= 0.6 is 0 Å². The van der Waals surface area contributed by atoms with E-state index in [4.69, 9.17) is 8.83 Å². The summed E-state index contributed by atoms with van der Waals surface area (Å²) in [6.07, 6.45) is 6.66. The lowest BCUT2D eigenvalue weighted by Gasteiger charge is -2.17. The van der Waals surface area contributed by atoms with Crippen molar-refractivity contribution in [2.75, 3.05) is 5.32 Å². The number of nitrogens with zero attached hydrogens (tertiary/aromatic N) is 1. The predicted molar refractivity (Wildman–Crippen MR) is 284 cm³/mol. The van der Waals surface area contributed by atoms with Gasteiger partial charge in [-0.3, -0.25) is 0 Å². The Bertz CT molecular complexity index is 4170. The molecule has 0 unspecified atom stereocenters. The highest BCUT2D eigenvalue weighted by Crippen LogP contribution is 2.45. The minimum Gasteiger partial charge on any atom is -0.455 e. The summed E-state index contributed by atoms with van der Waals surface area (Å²) in [6.45, 7) is 0. The molecule has 3 aromatic heterocycles. The summed E-state index contributed by atoms with van der Waals surface area (Å²) in [6, 6.07) is 76.3. The van der Waals surface area contributed by atoms with Crippen molar-refractivity contribution in [3.8, 4) is 50.2 Å². The maximum atomic E-state index is 6.84. The highest BCUT2D eigenvalue weighted by Gasteiger charge is 2.21. The molecule has 0 saturated carbocycles. The minimum atomic E-state index is 0.880. The zero-order chi connectivity index (χ0) is 44.7. The average Bonchev–Trinajstić information content (AvgIpc) is 4.08. The monoisotopic (exact) mass is 870 g/mol. The molecule has 68 heavy (non-hydrogen) atoms. The standard InChI is InChI=1S/C64H42N2O2/c1-2-14-40(15-3-1)55-37-46(38-57-56-36-43-16-4-5-17-44(43)39-62(56)68-64(55)57)54-35-45(42-18-12-19-48(34-42)66-59-25-9-6-20-50(59)51-21-7-10-26-60(51)66)30-33-58(54)65-47-31-28-41(29-32-47)49-23-13-24-53-52-22-8-11-27-61(52)67-63(49)53/h1-9,11-25,27-39,65H,10,26H2. The molecule has 1 aliphatic carbocycles. The maximum absolute atomic E-state index is 6.84. The molecular formula is C64H42N2O2. The minimum absolute atomic E-state index is 0.880. The number of hydrogen-bond donors (Lipinski definition) is 1. The normalized spacial score (nSPS) is 12.5. The van der Waals surface area contributed by atoms with E-state index in [-0.39, 0.29) is 0 Å². The van der Waals surface area contributed by atoms with Gasteiger partial charge in [-0.2, -0.15) is 0 Å². The lowest BCUT2D eigenvalue weighted by molar-refractivity contribution is 0.670. The summed E-state index contributed by atoms with van der Waals surface area (Å²) >= 11 is 0. The first kappa shape index (κ1) is 38.4. The maximum Gasteiger partial charge on any atom is 0.143 e. The Morgan fingerprint density at radius 3 is 1.99 bits per heavy atom. The topological polar surface area (TPSA) is 43.2 Å². The lowest BCUT2D eigenvalue weighted by atomic mass is 9.92. The van der Waals surface area contributed by atoms with Gasteiger partial charge in [-0.15, -0.1) is 0 Å². The summed E-state index contributed by atoms with van der Waals surface area (Å²) in [4.78, 5) is 0. The van der Waals surface area contributed by atoms with E-state index < -0.39 is 0 Å². The van der Waals surface area contributed by atoms with Gasteiger partial charge in [0.25, 0.3) is 0 Å². The first-order chi connectivity index (χ1) is 33.7. The third-order valence-electron chi connectivity index (χ3n) is 14.0. The Hall–Kier alpha value is -8.86. The summed E-state index contributed by atoms with van der Waals surface area (Å²) < 4.78 is 15.7. The van der Waals surface area contributed by atoms with Crippen molar-refractivity contribution in [3.63, 3.8) is 0 Å². The van der Waals surface area contributed by atoms with Crippen molar-refractivity contribution in [3.05, 3.63) is 230 Å². The quantitative estimate of drug-likeness (QED) is 0.174. The van der Waals surface area contributed by atoms with Crippen LogP contribution in [0.5, 0.6) is 0 Å². The van der Waals surface area contributed by atoms with E-state index in [1.807, 2.05) is 12.1 Å². The summed E-state index contributed by atoms with van der Waals surface area (Å²) in [5.74, 6) is 0. The zero-order valence-corrected chi connectivity index (χ0v) is 37.0. The highest BCUT2D eigenvalue weighted by molar-refractivity contribution is 6.15. The molecule has 320 valence electrons. The molecule has 4 heteroatoms. The first-order valence-electron chi connectivity index (χ1n) is 23.4. The molecule has 0 fully saturated rings. The van der Waals surface area contributed by atoms with Crippen LogP contribution in [-0.4, -0.2) is 4.57 Å². The lowest BCUT2D eigenvalue weighted by Crippen LogP contribution is -2.03. The summed E-state index contributed by atoms with van der Waals surface area (Å²) in [5.41, 5.74) is 19.5. The Kier molecular flexibility index (Phi) is 8.68. The number of para-hydroxylation sites is 3. The Morgan fingerprint density at radius 2 is 1.09 bits per heavy atom. The number of fused-ring (bicyclic) bond motifs is 10. The Balaban J connectivity index is 0.936. The van der Waals surface area contributed by atoms with Crippen LogP contribution in [0.2, 0.25) is 0 Å². The molecule has 0 amide bonds. The van der Waals surface area contributed by atoms with Crippen molar-refractivity contribution in [2.24, 2.45) is 0 Å². The van der Waals surface area contributed by atoms with Crippen molar-refractivity contribution >= 4 is 83.0 Å². The van der Waals surface area contributed by atoms with Crippen LogP contribution in [0.3, 0.4) is 0 Å². The first-order valence-corrected chi connectivity index (χ1v) is 23.4. The molecule has 4 nitrogen and oxygen atoms in total. The van der Waals surface area contributed by atoms with E-state index in [2.05, 4.69) is 222 Å². The molecule has 0 radical (unpaired) electrons. The highest BCUT2D eigenvalue weighted by atomic mass is 16.3. The summed E-state index contributed by atoms with van der Waals surface area (Å²) in [7, 11) is 0. The van der Waals surface area contributed by atoms with Gasteiger partial charge >= 0.3 is 0 Å². The van der Waals surface area contributed by atoms with Crippen molar-refractivity contribution in [1.29, 1.82) is 0 Å². The number of hydrogen-bond acceptors (Lipinski definition) is 3. The van der Waals surface area contributed by atoms with Crippen molar-refractivity contribution in [1.82, 2.24) is 4.57 Å². The van der Waals surface area contributed by atoms with Crippen LogP contribution in [0.4, 0.5) is 11.4 Å². The van der Waals surface area contributed by atoms with Crippen molar-refractivity contribution < 1.29 is 8.83 Å². The molecule has 0 aliphatic heterocycles. The number of benzene rings is 10. The smallest absolute Gasteiger partial charge is 0.143 e. The number of anilines is 2. The van der Waals surface area contributed by atoms with Gasteiger partial charge in [0.15, 0.2) is 0 Å². The third kappa shape index (κ3) is 6.22. The number of aromatic nitrogens is 1. The molecule has 14 rings (SSSR count). The van der Waals surface area contributed by atoms with Crippen molar-refractivity contribution in [2.45, 2.75) is 12.8 Å². The van der Waals surface area contributed by atoms with Crippen LogP contribution in [-0.2, 0) is 6.42 Å². The molecule has 10 aromatic carbocycles. The van der Waals surface area contributed by atoms with Gasteiger partial charge in [0.05, 0.1) is 5.52 Å². The van der Waals surface area contributed by atoms with Crippen LogP contribution in [0.15, 0.2) is 227 Å². The van der Waals surface area contributed by atoms with Crippen LogP contribution < -0.4 is 5.32 Å². The van der Waals surface area contributed by atoms with Crippen LogP contribution in [0.1, 0.15) is 17.7 Å². The fourth-order valence-electron chi connectivity index (χ4n) is 10.8. The van der Waals surface area contributed by atoms with Gasteiger partial charge in [0, 0.05) is 71.9 Å². The van der Waals surface area contributed by atoms with E-state index in [0.29, 0.717) is 0 Å². The number of rotatable bonds is 7. The van der Waals surface area contributed by atoms with E-state index in [1.165, 1.54) is 33.2 Å². The van der Waals surface area contributed by atoms with E-state index in [9.17, 15) is 0 Å². The molecule has 0 bridgehead atoms. The van der Waals surface area contributed by atoms with Gasteiger partial charge in [-0.25, -0.2) is 0 Å².